The number of amides is 1. The van der Waals surface area contributed by atoms with Crippen LogP contribution in [-0.2, 0) is 11.3 Å². The van der Waals surface area contributed by atoms with Crippen molar-refractivity contribution in [1.29, 1.82) is 0 Å². The van der Waals surface area contributed by atoms with Crippen LogP contribution < -0.4 is 0 Å². The van der Waals surface area contributed by atoms with Crippen molar-refractivity contribution in [2.24, 2.45) is 0 Å². The predicted octanol–water partition coefficient (Wildman–Crippen LogP) is 3.47. The molecule has 0 radical (unpaired) electrons. The largest absolute Gasteiger partial charge is 0.440 e. The van der Waals surface area contributed by atoms with Crippen molar-refractivity contribution < 1.29 is 22.7 Å². The first-order valence-corrected chi connectivity index (χ1v) is 5.35. The number of rotatable bonds is 3. The van der Waals surface area contributed by atoms with Gasteiger partial charge in [-0.25, -0.2) is 4.79 Å². The molecule has 18 heavy (non-hydrogen) atoms. The van der Waals surface area contributed by atoms with Crippen LogP contribution in [0.25, 0.3) is 0 Å². The molecule has 100 valence electrons. The van der Waals surface area contributed by atoms with Crippen LogP contribution in [0.5, 0.6) is 0 Å². The van der Waals surface area contributed by atoms with Gasteiger partial charge in [-0.3, -0.25) is 0 Å². The Balaban J connectivity index is 2.50. The molecule has 3 nitrogen and oxygen atoms in total. The van der Waals surface area contributed by atoms with Gasteiger partial charge in [0, 0.05) is 18.6 Å². The summed E-state index contributed by atoms with van der Waals surface area (Å²) in [6.45, 7) is -1.47. The lowest BCUT2D eigenvalue weighted by molar-refractivity contribution is -0.162. The van der Waals surface area contributed by atoms with Gasteiger partial charge in [-0.1, -0.05) is 23.7 Å². The molecule has 0 saturated heterocycles. The van der Waals surface area contributed by atoms with Gasteiger partial charge >= 0.3 is 12.3 Å². The summed E-state index contributed by atoms with van der Waals surface area (Å²) in [4.78, 5) is 12.3. The van der Waals surface area contributed by atoms with Crippen LogP contribution in [0, 0.1) is 0 Å². The number of nitrogens with zero attached hydrogens (tertiary/aromatic N) is 1. The minimum Gasteiger partial charge on any atom is -0.440 e. The maximum absolute atomic E-state index is 11.8. The molecule has 0 aliphatic carbocycles. The first-order chi connectivity index (χ1) is 8.28. The lowest BCUT2D eigenvalue weighted by Crippen LogP contribution is -2.30. The third-order valence-corrected chi connectivity index (χ3v) is 2.21. The van der Waals surface area contributed by atoms with E-state index in [0.29, 0.717) is 10.6 Å². The second-order valence-corrected chi connectivity index (χ2v) is 4.09. The molecule has 0 bridgehead atoms. The van der Waals surface area contributed by atoms with Crippen LogP contribution in [0.3, 0.4) is 0 Å². The van der Waals surface area contributed by atoms with Crippen LogP contribution in [0.2, 0.25) is 5.02 Å². The van der Waals surface area contributed by atoms with E-state index < -0.39 is 18.9 Å². The molecule has 0 fully saturated rings. The summed E-state index contributed by atoms with van der Waals surface area (Å²) in [6.07, 6.45) is -5.56. The molecule has 0 unspecified atom stereocenters. The summed E-state index contributed by atoms with van der Waals surface area (Å²) in [5, 5.41) is 0.490. The Morgan fingerprint density at radius 2 is 2.11 bits per heavy atom. The molecule has 7 heteroatoms. The van der Waals surface area contributed by atoms with Crippen LogP contribution in [0.1, 0.15) is 5.56 Å². The fourth-order valence-electron chi connectivity index (χ4n) is 1.23. The quantitative estimate of drug-likeness (QED) is 0.849. The molecule has 0 atom stereocenters. The zero-order valence-corrected chi connectivity index (χ0v) is 10.3. The SMILES string of the molecule is CN(Cc1cccc(Cl)c1)C(=O)OCC(F)(F)F. The van der Waals surface area contributed by atoms with Crippen LogP contribution in [0.15, 0.2) is 24.3 Å². The standard InChI is InChI=1S/C11H11ClF3NO2/c1-16(10(17)18-7-11(13,14)15)6-8-3-2-4-9(12)5-8/h2-5H,6-7H2,1H3. The predicted molar refractivity (Wildman–Crippen MR) is 60.3 cm³/mol. The van der Waals surface area contributed by atoms with Gasteiger partial charge in [0.15, 0.2) is 6.61 Å². The average molecular weight is 282 g/mol. The first-order valence-electron chi connectivity index (χ1n) is 4.97. The highest BCUT2D eigenvalue weighted by atomic mass is 35.5. The van der Waals surface area contributed by atoms with Gasteiger partial charge in [0.05, 0.1) is 0 Å². The molecule has 0 spiro atoms. The van der Waals surface area contributed by atoms with Crippen molar-refractivity contribution in [1.82, 2.24) is 4.90 Å². The summed E-state index contributed by atoms with van der Waals surface area (Å²) in [6, 6.07) is 6.67. The van der Waals surface area contributed by atoms with Gasteiger partial charge in [-0.15, -0.1) is 0 Å². The number of carbonyl (C=O) groups excluding carboxylic acids is 1. The lowest BCUT2D eigenvalue weighted by atomic mass is 10.2. The van der Waals surface area contributed by atoms with E-state index in [0.717, 1.165) is 4.90 Å². The van der Waals surface area contributed by atoms with E-state index in [-0.39, 0.29) is 6.54 Å². The summed E-state index contributed by atoms with van der Waals surface area (Å²) >= 11 is 5.75. The number of hydrogen-bond acceptors (Lipinski definition) is 2. The summed E-state index contributed by atoms with van der Waals surface area (Å²) in [5.74, 6) is 0. The third-order valence-electron chi connectivity index (χ3n) is 1.98. The van der Waals surface area contributed by atoms with Crippen LogP contribution in [-0.4, -0.2) is 30.8 Å². The molecule has 1 aromatic rings. The number of hydrogen-bond donors (Lipinski definition) is 0. The van der Waals surface area contributed by atoms with E-state index in [1.807, 2.05) is 0 Å². The smallest absolute Gasteiger partial charge is 0.422 e. The zero-order valence-electron chi connectivity index (χ0n) is 9.50. The minimum atomic E-state index is -4.52. The molecule has 0 heterocycles. The molecular formula is C11H11ClF3NO2. The Hall–Kier alpha value is -1.43. The van der Waals surface area contributed by atoms with E-state index >= 15 is 0 Å². The second kappa shape index (κ2) is 5.95. The van der Waals surface area contributed by atoms with E-state index in [9.17, 15) is 18.0 Å². The van der Waals surface area contributed by atoms with Gasteiger partial charge in [0.25, 0.3) is 0 Å². The molecular weight excluding hydrogens is 271 g/mol. The van der Waals surface area contributed by atoms with Crippen molar-refractivity contribution in [3.8, 4) is 0 Å². The normalized spacial score (nSPS) is 11.2. The van der Waals surface area contributed by atoms with E-state index in [1.165, 1.54) is 7.05 Å². The maximum atomic E-state index is 11.8. The third kappa shape index (κ3) is 5.27. The monoisotopic (exact) mass is 281 g/mol. The van der Waals surface area contributed by atoms with Crippen molar-refractivity contribution in [2.45, 2.75) is 12.7 Å². The fraction of sp³-hybridized carbons (Fsp3) is 0.364. The van der Waals surface area contributed by atoms with Gasteiger partial charge in [-0.2, -0.15) is 13.2 Å². The number of ether oxygens (including phenoxy) is 1. The number of alkyl halides is 3. The Morgan fingerprint density at radius 3 is 2.67 bits per heavy atom. The fourth-order valence-corrected chi connectivity index (χ4v) is 1.44. The molecule has 0 N–H and O–H groups in total. The topological polar surface area (TPSA) is 29.5 Å². The van der Waals surface area contributed by atoms with Crippen molar-refractivity contribution in [3.05, 3.63) is 34.9 Å². The Morgan fingerprint density at radius 1 is 1.44 bits per heavy atom. The average Bonchev–Trinajstić information content (AvgIpc) is 2.24. The zero-order chi connectivity index (χ0) is 13.8. The van der Waals surface area contributed by atoms with E-state index in [2.05, 4.69) is 4.74 Å². The highest BCUT2D eigenvalue weighted by molar-refractivity contribution is 6.30. The highest BCUT2D eigenvalue weighted by Gasteiger charge is 2.30. The number of halogens is 4. The van der Waals surface area contributed by atoms with Gasteiger partial charge in [0.2, 0.25) is 0 Å². The lowest BCUT2D eigenvalue weighted by Gasteiger charge is -2.17. The highest BCUT2D eigenvalue weighted by Crippen LogP contribution is 2.16. The minimum absolute atomic E-state index is 0.122. The summed E-state index contributed by atoms with van der Waals surface area (Å²) in [5.41, 5.74) is 0.703. The van der Waals surface area contributed by atoms with Crippen molar-refractivity contribution >= 4 is 17.7 Å². The second-order valence-electron chi connectivity index (χ2n) is 3.66. The van der Waals surface area contributed by atoms with Crippen LogP contribution in [0.4, 0.5) is 18.0 Å². The summed E-state index contributed by atoms with van der Waals surface area (Å²) in [7, 11) is 1.35. The molecule has 0 saturated carbocycles. The number of benzene rings is 1. The molecule has 1 rings (SSSR count). The molecule has 0 aliphatic heterocycles. The number of carbonyl (C=O) groups is 1. The molecule has 1 amide bonds. The van der Waals surface area contributed by atoms with Crippen LogP contribution >= 0.6 is 11.6 Å². The van der Waals surface area contributed by atoms with E-state index in [4.69, 9.17) is 11.6 Å². The van der Waals surface area contributed by atoms with Gasteiger partial charge in [0.1, 0.15) is 0 Å². The van der Waals surface area contributed by atoms with E-state index in [1.54, 1.807) is 24.3 Å². The molecule has 0 aliphatic rings. The first kappa shape index (κ1) is 14.6. The Labute approximate surface area is 107 Å². The van der Waals surface area contributed by atoms with Gasteiger partial charge in [-0.05, 0) is 17.7 Å². The Kier molecular flexibility index (Phi) is 4.84. The van der Waals surface area contributed by atoms with Gasteiger partial charge < -0.3 is 9.64 Å². The van der Waals surface area contributed by atoms with Crippen molar-refractivity contribution in [3.63, 3.8) is 0 Å². The van der Waals surface area contributed by atoms with Crippen molar-refractivity contribution in [2.75, 3.05) is 13.7 Å². The molecule has 0 aromatic heterocycles. The molecule has 1 aromatic carbocycles. The summed E-state index contributed by atoms with van der Waals surface area (Å²) < 4.78 is 39.6. The Bertz CT molecular complexity index is 423. The maximum Gasteiger partial charge on any atom is 0.422 e.